The fourth-order valence-corrected chi connectivity index (χ4v) is 2.96. The van der Waals surface area contributed by atoms with Gasteiger partial charge < -0.3 is 5.11 Å². The Hall–Kier alpha value is -2.13. The summed E-state index contributed by atoms with van der Waals surface area (Å²) in [6, 6.07) is 13.0. The molecule has 0 bridgehead atoms. The first-order valence-electron chi connectivity index (χ1n) is 8.96. The standard InChI is InChI=1S/C22H29NO2/c1-6-23(7-2)15-18-13-17(14-19(21(18)25)22(3,4)5)20(24)16-11-9-8-10-12-16/h8-14,25H,6-7,15H2,1-5H3. The molecule has 0 amide bonds. The zero-order valence-corrected chi connectivity index (χ0v) is 16.0. The fourth-order valence-electron chi connectivity index (χ4n) is 2.96. The highest BCUT2D eigenvalue weighted by atomic mass is 16.3. The maximum Gasteiger partial charge on any atom is 0.193 e. The van der Waals surface area contributed by atoms with Gasteiger partial charge in [0, 0.05) is 28.8 Å². The van der Waals surface area contributed by atoms with E-state index >= 15 is 0 Å². The summed E-state index contributed by atoms with van der Waals surface area (Å²) in [6.07, 6.45) is 0. The van der Waals surface area contributed by atoms with Gasteiger partial charge in [0.05, 0.1) is 0 Å². The fraction of sp³-hybridized carbons (Fsp3) is 0.409. The van der Waals surface area contributed by atoms with E-state index in [0.29, 0.717) is 23.4 Å². The van der Waals surface area contributed by atoms with Crippen LogP contribution in [0.25, 0.3) is 0 Å². The molecule has 0 heterocycles. The highest BCUT2D eigenvalue weighted by molar-refractivity contribution is 6.09. The normalized spacial score (nSPS) is 11.8. The number of hydrogen-bond acceptors (Lipinski definition) is 3. The van der Waals surface area contributed by atoms with Crippen molar-refractivity contribution in [3.05, 3.63) is 64.7 Å². The Morgan fingerprint density at radius 2 is 1.60 bits per heavy atom. The number of nitrogens with zero attached hydrogens (tertiary/aromatic N) is 1. The third kappa shape index (κ3) is 4.49. The molecule has 0 radical (unpaired) electrons. The lowest BCUT2D eigenvalue weighted by Crippen LogP contribution is -2.23. The SMILES string of the molecule is CCN(CC)Cc1cc(C(=O)c2ccccc2)cc(C(C)(C)C)c1O. The van der Waals surface area contributed by atoms with Crippen LogP contribution in [0.5, 0.6) is 5.75 Å². The van der Waals surface area contributed by atoms with E-state index in [0.717, 1.165) is 24.2 Å². The molecule has 0 unspecified atom stereocenters. The largest absolute Gasteiger partial charge is 0.507 e. The van der Waals surface area contributed by atoms with E-state index in [9.17, 15) is 9.90 Å². The molecule has 0 aliphatic rings. The average Bonchev–Trinajstić information content (AvgIpc) is 2.60. The second-order valence-electron chi connectivity index (χ2n) is 7.44. The Bertz CT molecular complexity index is 726. The Morgan fingerprint density at radius 1 is 1.00 bits per heavy atom. The molecular formula is C22H29NO2. The molecule has 2 aromatic carbocycles. The first-order valence-corrected chi connectivity index (χ1v) is 8.96. The van der Waals surface area contributed by atoms with Gasteiger partial charge in [0.15, 0.2) is 5.78 Å². The third-order valence-electron chi connectivity index (χ3n) is 4.58. The smallest absolute Gasteiger partial charge is 0.193 e. The summed E-state index contributed by atoms with van der Waals surface area (Å²) in [6.45, 7) is 12.8. The van der Waals surface area contributed by atoms with Crippen LogP contribution in [0.4, 0.5) is 0 Å². The van der Waals surface area contributed by atoms with Crippen molar-refractivity contribution in [2.45, 2.75) is 46.6 Å². The molecule has 3 heteroatoms. The van der Waals surface area contributed by atoms with Crippen molar-refractivity contribution in [3.8, 4) is 5.75 Å². The minimum absolute atomic E-state index is 0.00750. The molecule has 0 aromatic heterocycles. The lowest BCUT2D eigenvalue weighted by atomic mass is 9.83. The second-order valence-corrected chi connectivity index (χ2v) is 7.44. The zero-order chi connectivity index (χ0) is 18.6. The zero-order valence-electron chi connectivity index (χ0n) is 16.0. The second kappa shape index (κ2) is 7.83. The van der Waals surface area contributed by atoms with Crippen LogP contribution in [0.1, 0.15) is 61.7 Å². The number of carbonyl (C=O) groups is 1. The number of phenolic OH excluding ortho intramolecular Hbond substituents is 1. The lowest BCUT2D eigenvalue weighted by molar-refractivity contribution is 0.103. The van der Waals surface area contributed by atoms with Gasteiger partial charge in [-0.05, 0) is 30.6 Å². The van der Waals surface area contributed by atoms with Crippen LogP contribution in [0.15, 0.2) is 42.5 Å². The Kier molecular flexibility index (Phi) is 6.02. The summed E-state index contributed by atoms with van der Waals surface area (Å²) in [5.41, 5.74) is 2.69. The summed E-state index contributed by atoms with van der Waals surface area (Å²) in [5, 5.41) is 10.8. The Morgan fingerprint density at radius 3 is 2.12 bits per heavy atom. The first kappa shape index (κ1) is 19.2. The van der Waals surface area contributed by atoms with E-state index in [2.05, 4.69) is 39.5 Å². The van der Waals surface area contributed by atoms with Crippen molar-refractivity contribution in [1.29, 1.82) is 0 Å². The molecule has 0 fully saturated rings. The number of ketones is 1. The Balaban J connectivity index is 2.55. The molecule has 134 valence electrons. The lowest BCUT2D eigenvalue weighted by Gasteiger charge is -2.25. The van der Waals surface area contributed by atoms with Gasteiger partial charge in [0.2, 0.25) is 0 Å². The van der Waals surface area contributed by atoms with Crippen molar-refractivity contribution < 1.29 is 9.90 Å². The van der Waals surface area contributed by atoms with Gasteiger partial charge in [-0.1, -0.05) is 65.0 Å². The molecule has 2 aromatic rings. The molecule has 0 aliphatic heterocycles. The maximum absolute atomic E-state index is 12.9. The van der Waals surface area contributed by atoms with Crippen LogP contribution < -0.4 is 0 Å². The number of benzene rings is 2. The first-order chi connectivity index (χ1) is 11.8. The van der Waals surface area contributed by atoms with E-state index in [1.807, 2.05) is 42.5 Å². The summed E-state index contributed by atoms with van der Waals surface area (Å²) in [7, 11) is 0. The molecule has 0 spiro atoms. The number of carbonyl (C=O) groups excluding carboxylic acids is 1. The summed E-state index contributed by atoms with van der Waals surface area (Å²) >= 11 is 0. The summed E-state index contributed by atoms with van der Waals surface area (Å²) in [5.74, 6) is 0.302. The van der Waals surface area contributed by atoms with Crippen LogP contribution in [0, 0.1) is 0 Å². The third-order valence-corrected chi connectivity index (χ3v) is 4.58. The molecule has 0 saturated heterocycles. The van der Waals surface area contributed by atoms with Crippen LogP contribution >= 0.6 is 0 Å². The number of hydrogen-bond donors (Lipinski definition) is 1. The van der Waals surface area contributed by atoms with Gasteiger partial charge in [-0.3, -0.25) is 9.69 Å². The van der Waals surface area contributed by atoms with E-state index in [-0.39, 0.29) is 11.2 Å². The molecule has 25 heavy (non-hydrogen) atoms. The molecular weight excluding hydrogens is 310 g/mol. The van der Waals surface area contributed by atoms with Crippen molar-refractivity contribution in [3.63, 3.8) is 0 Å². The van der Waals surface area contributed by atoms with E-state index in [4.69, 9.17) is 0 Å². The monoisotopic (exact) mass is 339 g/mol. The van der Waals surface area contributed by atoms with Crippen molar-refractivity contribution >= 4 is 5.78 Å². The van der Waals surface area contributed by atoms with Gasteiger partial charge in [0.25, 0.3) is 0 Å². The maximum atomic E-state index is 12.9. The molecule has 3 nitrogen and oxygen atoms in total. The molecule has 1 N–H and O–H groups in total. The van der Waals surface area contributed by atoms with Crippen molar-refractivity contribution in [2.75, 3.05) is 13.1 Å². The predicted octanol–water partition coefficient (Wildman–Crippen LogP) is 4.76. The highest BCUT2D eigenvalue weighted by Crippen LogP contribution is 2.35. The van der Waals surface area contributed by atoms with Crippen LogP contribution in [-0.4, -0.2) is 28.9 Å². The molecule has 0 atom stereocenters. The molecule has 0 aliphatic carbocycles. The van der Waals surface area contributed by atoms with Gasteiger partial charge in [-0.2, -0.15) is 0 Å². The van der Waals surface area contributed by atoms with Gasteiger partial charge in [0.1, 0.15) is 5.75 Å². The van der Waals surface area contributed by atoms with Crippen LogP contribution in [0.3, 0.4) is 0 Å². The van der Waals surface area contributed by atoms with Gasteiger partial charge in [-0.25, -0.2) is 0 Å². The average molecular weight is 339 g/mol. The van der Waals surface area contributed by atoms with E-state index in [1.54, 1.807) is 0 Å². The quantitative estimate of drug-likeness (QED) is 0.771. The molecule has 0 saturated carbocycles. The highest BCUT2D eigenvalue weighted by Gasteiger charge is 2.24. The summed E-state index contributed by atoms with van der Waals surface area (Å²) < 4.78 is 0. The minimum Gasteiger partial charge on any atom is -0.507 e. The van der Waals surface area contributed by atoms with Crippen molar-refractivity contribution in [1.82, 2.24) is 4.90 Å². The number of rotatable bonds is 6. The Labute approximate surface area is 151 Å². The summed E-state index contributed by atoms with van der Waals surface area (Å²) in [4.78, 5) is 15.2. The van der Waals surface area contributed by atoms with Crippen molar-refractivity contribution in [2.24, 2.45) is 0 Å². The van der Waals surface area contributed by atoms with E-state index in [1.165, 1.54) is 0 Å². The predicted molar refractivity (Wildman–Crippen MR) is 103 cm³/mol. The van der Waals surface area contributed by atoms with Crippen LogP contribution in [-0.2, 0) is 12.0 Å². The van der Waals surface area contributed by atoms with E-state index < -0.39 is 0 Å². The number of aromatic hydroxyl groups is 1. The van der Waals surface area contributed by atoms with Gasteiger partial charge >= 0.3 is 0 Å². The molecule has 2 rings (SSSR count). The van der Waals surface area contributed by atoms with Crippen LogP contribution in [0.2, 0.25) is 0 Å². The number of phenols is 1. The minimum atomic E-state index is -0.241. The van der Waals surface area contributed by atoms with Gasteiger partial charge in [-0.15, -0.1) is 0 Å². The topological polar surface area (TPSA) is 40.5 Å².